The zero-order chi connectivity index (χ0) is 15.2. The third-order valence-electron chi connectivity index (χ3n) is 4.05. The number of methoxy groups -OCH3 is 1. The first kappa shape index (κ1) is 15.6. The molecule has 0 aliphatic carbocycles. The molecule has 0 heterocycles. The van der Waals surface area contributed by atoms with Gasteiger partial charge < -0.3 is 10.1 Å². The molecule has 0 spiro atoms. The Morgan fingerprint density at radius 2 is 1.71 bits per heavy atom. The minimum absolute atomic E-state index is 0.220. The number of ether oxygens (including phenoxy) is 1. The van der Waals surface area contributed by atoms with Gasteiger partial charge in [0.05, 0.1) is 13.2 Å². The number of rotatable bonds is 6. The Bertz CT molecular complexity index is 575. The molecule has 0 fully saturated rings. The Morgan fingerprint density at radius 1 is 1.00 bits per heavy atom. The van der Waals surface area contributed by atoms with Gasteiger partial charge in [0.1, 0.15) is 5.75 Å². The van der Waals surface area contributed by atoms with Crippen molar-refractivity contribution in [2.45, 2.75) is 32.7 Å². The highest BCUT2D eigenvalue weighted by molar-refractivity contribution is 5.41. The lowest BCUT2D eigenvalue weighted by atomic mass is 9.91. The second-order valence-corrected chi connectivity index (χ2v) is 5.24. The lowest BCUT2D eigenvalue weighted by molar-refractivity contribution is 0.414. The van der Waals surface area contributed by atoms with Gasteiger partial charge >= 0.3 is 0 Å². The summed E-state index contributed by atoms with van der Waals surface area (Å²) in [5.41, 5.74) is 5.43. The molecule has 0 amide bonds. The maximum atomic E-state index is 5.25. The SMILES string of the molecule is CCc1ccc(CC)c(C(NC)c2ccc(OC)cc2)c1. The fraction of sp³-hybridized carbons (Fsp3) is 0.368. The van der Waals surface area contributed by atoms with Crippen molar-refractivity contribution in [3.63, 3.8) is 0 Å². The normalized spacial score (nSPS) is 12.2. The molecule has 0 aliphatic heterocycles. The molecule has 2 aromatic rings. The highest BCUT2D eigenvalue weighted by Crippen LogP contribution is 2.28. The Kier molecular flexibility index (Phi) is 5.40. The van der Waals surface area contributed by atoms with E-state index in [0.29, 0.717) is 0 Å². The lowest BCUT2D eigenvalue weighted by Crippen LogP contribution is -2.19. The summed E-state index contributed by atoms with van der Waals surface area (Å²) in [6.07, 6.45) is 2.11. The first-order valence-electron chi connectivity index (χ1n) is 7.66. The van der Waals surface area contributed by atoms with Crippen LogP contribution in [0.2, 0.25) is 0 Å². The molecule has 0 radical (unpaired) electrons. The molecule has 0 aliphatic rings. The van der Waals surface area contributed by atoms with Crippen molar-refractivity contribution < 1.29 is 4.74 Å². The van der Waals surface area contributed by atoms with Crippen molar-refractivity contribution in [3.8, 4) is 5.75 Å². The lowest BCUT2D eigenvalue weighted by Gasteiger charge is -2.21. The fourth-order valence-electron chi connectivity index (χ4n) is 2.75. The molecule has 21 heavy (non-hydrogen) atoms. The molecule has 2 nitrogen and oxygen atoms in total. The van der Waals surface area contributed by atoms with E-state index < -0.39 is 0 Å². The van der Waals surface area contributed by atoms with Crippen molar-refractivity contribution in [2.75, 3.05) is 14.2 Å². The van der Waals surface area contributed by atoms with E-state index in [1.807, 2.05) is 19.2 Å². The molecule has 2 aromatic carbocycles. The molecular formula is C19H25NO. The van der Waals surface area contributed by atoms with E-state index in [1.54, 1.807) is 7.11 Å². The number of hydrogen-bond donors (Lipinski definition) is 1. The standard InChI is InChI=1S/C19H25NO/c1-5-14-7-8-15(6-2)18(13-14)19(20-3)16-9-11-17(21-4)12-10-16/h7-13,19-20H,5-6H2,1-4H3. The zero-order valence-corrected chi connectivity index (χ0v) is 13.4. The summed E-state index contributed by atoms with van der Waals surface area (Å²) in [5, 5.41) is 3.46. The van der Waals surface area contributed by atoms with Crippen LogP contribution in [0.1, 0.15) is 42.1 Å². The largest absolute Gasteiger partial charge is 0.497 e. The van der Waals surface area contributed by atoms with Crippen LogP contribution in [0.15, 0.2) is 42.5 Å². The highest BCUT2D eigenvalue weighted by Gasteiger charge is 2.15. The molecule has 1 unspecified atom stereocenters. The summed E-state index contributed by atoms with van der Waals surface area (Å²) in [6, 6.07) is 15.4. The van der Waals surface area contributed by atoms with Crippen LogP contribution >= 0.6 is 0 Å². The summed E-state index contributed by atoms with van der Waals surface area (Å²) in [6.45, 7) is 4.41. The second-order valence-electron chi connectivity index (χ2n) is 5.24. The van der Waals surface area contributed by atoms with Crippen molar-refractivity contribution in [1.29, 1.82) is 0 Å². The molecule has 0 aromatic heterocycles. The number of hydrogen-bond acceptors (Lipinski definition) is 2. The first-order valence-corrected chi connectivity index (χ1v) is 7.66. The van der Waals surface area contributed by atoms with Crippen LogP contribution in [0.4, 0.5) is 0 Å². The smallest absolute Gasteiger partial charge is 0.118 e. The van der Waals surface area contributed by atoms with Crippen molar-refractivity contribution in [3.05, 3.63) is 64.7 Å². The van der Waals surface area contributed by atoms with E-state index in [4.69, 9.17) is 4.74 Å². The van der Waals surface area contributed by atoms with Gasteiger partial charge in [-0.2, -0.15) is 0 Å². The van der Waals surface area contributed by atoms with Gasteiger partial charge in [-0.1, -0.05) is 44.2 Å². The number of benzene rings is 2. The average Bonchev–Trinajstić information content (AvgIpc) is 2.56. The van der Waals surface area contributed by atoms with Crippen LogP contribution in [0, 0.1) is 0 Å². The zero-order valence-electron chi connectivity index (χ0n) is 13.4. The summed E-state index contributed by atoms with van der Waals surface area (Å²) in [5.74, 6) is 0.895. The van der Waals surface area contributed by atoms with Crippen molar-refractivity contribution in [1.82, 2.24) is 5.32 Å². The van der Waals surface area contributed by atoms with Gasteiger partial charge in [0.25, 0.3) is 0 Å². The van der Waals surface area contributed by atoms with Gasteiger partial charge in [-0.15, -0.1) is 0 Å². The predicted molar refractivity (Wildman–Crippen MR) is 89.1 cm³/mol. The molecule has 0 saturated heterocycles. The number of nitrogens with one attached hydrogen (secondary N) is 1. The Hall–Kier alpha value is -1.80. The molecule has 112 valence electrons. The third kappa shape index (κ3) is 3.45. The van der Waals surface area contributed by atoms with Crippen molar-refractivity contribution >= 4 is 0 Å². The van der Waals surface area contributed by atoms with E-state index >= 15 is 0 Å². The third-order valence-corrected chi connectivity index (χ3v) is 4.05. The molecule has 0 bridgehead atoms. The van der Waals surface area contributed by atoms with E-state index in [1.165, 1.54) is 22.3 Å². The van der Waals surface area contributed by atoms with Gasteiger partial charge in [0.2, 0.25) is 0 Å². The van der Waals surface area contributed by atoms with Gasteiger partial charge in [-0.3, -0.25) is 0 Å². The maximum Gasteiger partial charge on any atom is 0.118 e. The predicted octanol–water partition coefficient (Wildman–Crippen LogP) is 4.13. The van der Waals surface area contributed by atoms with E-state index in [0.717, 1.165) is 18.6 Å². The molecule has 2 rings (SSSR count). The van der Waals surface area contributed by atoms with E-state index in [-0.39, 0.29) is 6.04 Å². The van der Waals surface area contributed by atoms with Gasteiger partial charge in [-0.05, 0) is 54.3 Å². The minimum atomic E-state index is 0.220. The first-order chi connectivity index (χ1) is 10.2. The van der Waals surface area contributed by atoms with Crippen LogP contribution in [0.25, 0.3) is 0 Å². The maximum absolute atomic E-state index is 5.25. The summed E-state index contributed by atoms with van der Waals surface area (Å²) < 4.78 is 5.25. The quantitative estimate of drug-likeness (QED) is 0.860. The van der Waals surface area contributed by atoms with Crippen LogP contribution < -0.4 is 10.1 Å². The molecule has 1 atom stereocenters. The molecule has 1 N–H and O–H groups in total. The highest BCUT2D eigenvalue weighted by atomic mass is 16.5. The van der Waals surface area contributed by atoms with Crippen molar-refractivity contribution in [2.24, 2.45) is 0 Å². The average molecular weight is 283 g/mol. The molecular weight excluding hydrogens is 258 g/mol. The molecule has 2 heteroatoms. The van der Waals surface area contributed by atoms with Crippen LogP contribution in [0.3, 0.4) is 0 Å². The fourth-order valence-corrected chi connectivity index (χ4v) is 2.75. The summed E-state index contributed by atoms with van der Waals surface area (Å²) in [7, 11) is 3.72. The summed E-state index contributed by atoms with van der Waals surface area (Å²) in [4.78, 5) is 0. The number of aryl methyl sites for hydroxylation is 2. The van der Waals surface area contributed by atoms with Gasteiger partial charge in [0.15, 0.2) is 0 Å². The second kappa shape index (κ2) is 7.28. The Labute approximate surface area is 128 Å². The van der Waals surface area contributed by atoms with Crippen LogP contribution in [0.5, 0.6) is 5.75 Å². The Morgan fingerprint density at radius 3 is 2.24 bits per heavy atom. The summed E-state index contributed by atoms with van der Waals surface area (Å²) >= 11 is 0. The molecule has 0 saturated carbocycles. The van der Waals surface area contributed by atoms with Gasteiger partial charge in [0, 0.05) is 0 Å². The minimum Gasteiger partial charge on any atom is -0.497 e. The van der Waals surface area contributed by atoms with E-state index in [2.05, 4.69) is 49.5 Å². The monoisotopic (exact) mass is 283 g/mol. The Balaban J connectivity index is 2.43. The van der Waals surface area contributed by atoms with Crippen LogP contribution in [-0.4, -0.2) is 14.2 Å². The topological polar surface area (TPSA) is 21.3 Å². The van der Waals surface area contributed by atoms with E-state index in [9.17, 15) is 0 Å². The van der Waals surface area contributed by atoms with Crippen LogP contribution in [-0.2, 0) is 12.8 Å². The van der Waals surface area contributed by atoms with Gasteiger partial charge in [-0.25, -0.2) is 0 Å².